The molecular formula is C14H25N3O6. The molecule has 0 aromatic heterocycles. The lowest BCUT2D eigenvalue weighted by molar-refractivity contribution is -0.141. The molecule has 0 spiro atoms. The van der Waals surface area contributed by atoms with Crippen molar-refractivity contribution in [1.82, 2.24) is 15.5 Å². The van der Waals surface area contributed by atoms with Crippen LogP contribution in [-0.2, 0) is 28.8 Å². The van der Waals surface area contributed by atoms with E-state index in [-0.39, 0.29) is 0 Å². The summed E-state index contributed by atoms with van der Waals surface area (Å²) in [5, 5.41) is 4.53. The molecule has 0 rings (SSSR count). The zero-order valence-corrected chi connectivity index (χ0v) is 14.6. The fourth-order valence-corrected chi connectivity index (χ4v) is 0.776. The van der Waals surface area contributed by atoms with E-state index in [0.717, 1.165) is 0 Å². The van der Waals surface area contributed by atoms with Crippen LogP contribution in [0, 0.1) is 0 Å². The number of nitrogens with zero attached hydrogens (tertiary/aromatic N) is 1. The van der Waals surface area contributed by atoms with Gasteiger partial charge in [0.15, 0.2) is 0 Å². The maximum atomic E-state index is 10.4. The number of carbonyl (C=O) groups excluding carboxylic acids is 6. The maximum Gasteiger partial charge on any atom is 0.289 e. The average molecular weight is 331 g/mol. The van der Waals surface area contributed by atoms with Crippen molar-refractivity contribution in [2.24, 2.45) is 0 Å². The fraction of sp³-hybridized carbons (Fsp3) is 0.571. The van der Waals surface area contributed by atoms with Gasteiger partial charge in [0.1, 0.15) is 0 Å². The SMILES string of the molecule is CC(=O)C(=O)N(C)C.CCNC(=O)C(C)=O.CNC(=O)C(C)=O. The molecule has 9 heteroatoms. The van der Waals surface area contributed by atoms with Gasteiger partial charge >= 0.3 is 0 Å². The summed E-state index contributed by atoms with van der Waals surface area (Å²) in [5.74, 6) is -2.82. The highest BCUT2D eigenvalue weighted by atomic mass is 16.2. The number of rotatable bonds is 4. The normalized spacial score (nSPS) is 8.13. The first-order valence-electron chi connectivity index (χ1n) is 6.65. The molecule has 2 N–H and O–H groups in total. The van der Waals surface area contributed by atoms with Crippen LogP contribution >= 0.6 is 0 Å². The summed E-state index contributed by atoms with van der Waals surface area (Å²) in [6, 6.07) is 0. The number of carbonyl (C=O) groups is 6. The second kappa shape index (κ2) is 14.4. The lowest BCUT2D eigenvalue weighted by Gasteiger charge is -2.04. The van der Waals surface area contributed by atoms with Crippen LogP contribution in [0.5, 0.6) is 0 Å². The summed E-state index contributed by atoms with van der Waals surface area (Å²) >= 11 is 0. The third-order valence-corrected chi connectivity index (χ3v) is 1.91. The Morgan fingerprint density at radius 3 is 1.22 bits per heavy atom. The summed E-state index contributed by atoms with van der Waals surface area (Å²) in [4.78, 5) is 62.3. The number of Topliss-reactive ketones (excluding diaryl/α,β-unsaturated/α-hetero) is 3. The predicted octanol–water partition coefficient (Wildman–Crippen LogP) is -1.30. The number of amides is 3. The predicted molar refractivity (Wildman–Crippen MR) is 83.5 cm³/mol. The van der Waals surface area contributed by atoms with E-state index >= 15 is 0 Å². The van der Waals surface area contributed by atoms with Crippen LogP contribution in [-0.4, -0.2) is 67.7 Å². The third kappa shape index (κ3) is 17.4. The summed E-state index contributed by atoms with van der Waals surface area (Å²) in [5.41, 5.74) is 0. The second-order valence-electron chi connectivity index (χ2n) is 4.31. The lowest BCUT2D eigenvalue weighted by atomic mass is 10.4. The van der Waals surface area contributed by atoms with E-state index in [1.165, 1.54) is 32.7 Å². The summed E-state index contributed by atoms with van der Waals surface area (Å²) in [7, 11) is 4.51. The molecule has 0 aliphatic rings. The molecule has 0 radical (unpaired) electrons. The van der Waals surface area contributed by atoms with Gasteiger partial charge in [-0.2, -0.15) is 0 Å². The summed E-state index contributed by atoms with van der Waals surface area (Å²) < 4.78 is 0. The molecule has 0 heterocycles. The Morgan fingerprint density at radius 1 is 0.783 bits per heavy atom. The van der Waals surface area contributed by atoms with Gasteiger partial charge in [-0.1, -0.05) is 0 Å². The molecule has 0 saturated carbocycles. The lowest BCUT2D eigenvalue weighted by Crippen LogP contribution is -2.28. The van der Waals surface area contributed by atoms with Crippen molar-refractivity contribution in [2.45, 2.75) is 27.7 Å². The second-order valence-corrected chi connectivity index (χ2v) is 4.31. The fourth-order valence-electron chi connectivity index (χ4n) is 0.776. The third-order valence-electron chi connectivity index (χ3n) is 1.91. The Bertz CT molecular complexity index is 457. The van der Waals surface area contributed by atoms with Crippen molar-refractivity contribution in [3.05, 3.63) is 0 Å². The summed E-state index contributed by atoms with van der Waals surface area (Å²) in [6.07, 6.45) is 0. The van der Waals surface area contributed by atoms with Crippen molar-refractivity contribution in [3.8, 4) is 0 Å². The number of hydrogen-bond donors (Lipinski definition) is 2. The maximum absolute atomic E-state index is 10.4. The summed E-state index contributed by atoms with van der Waals surface area (Å²) in [6.45, 7) is 5.99. The largest absolute Gasteiger partial charge is 0.353 e. The molecule has 0 aromatic carbocycles. The van der Waals surface area contributed by atoms with E-state index in [2.05, 4.69) is 10.6 Å². The van der Waals surface area contributed by atoms with Gasteiger partial charge in [-0.3, -0.25) is 28.8 Å². The monoisotopic (exact) mass is 331 g/mol. The molecule has 9 nitrogen and oxygen atoms in total. The van der Waals surface area contributed by atoms with Crippen molar-refractivity contribution in [1.29, 1.82) is 0 Å². The van der Waals surface area contributed by atoms with Crippen molar-refractivity contribution >= 4 is 35.1 Å². The molecule has 0 aliphatic heterocycles. The first kappa shape index (κ1) is 25.4. The Labute approximate surface area is 135 Å². The molecule has 0 aliphatic carbocycles. The van der Waals surface area contributed by atoms with E-state index in [4.69, 9.17) is 0 Å². The Morgan fingerprint density at radius 2 is 1.17 bits per heavy atom. The Balaban J connectivity index is -0.000000262. The molecule has 0 unspecified atom stereocenters. The van der Waals surface area contributed by atoms with Crippen LogP contribution < -0.4 is 10.6 Å². The van der Waals surface area contributed by atoms with Crippen molar-refractivity contribution in [3.63, 3.8) is 0 Å². The molecule has 0 bridgehead atoms. The van der Waals surface area contributed by atoms with E-state index < -0.39 is 35.1 Å². The van der Waals surface area contributed by atoms with Gasteiger partial charge < -0.3 is 15.5 Å². The molecule has 3 amide bonds. The van der Waals surface area contributed by atoms with Crippen LogP contribution in [0.3, 0.4) is 0 Å². The van der Waals surface area contributed by atoms with Gasteiger partial charge in [0.05, 0.1) is 0 Å². The first-order valence-corrected chi connectivity index (χ1v) is 6.65. The molecular weight excluding hydrogens is 306 g/mol. The minimum atomic E-state index is -0.542. The minimum Gasteiger partial charge on any atom is -0.353 e. The highest BCUT2D eigenvalue weighted by Gasteiger charge is 2.07. The van der Waals surface area contributed by atoms with E-state index in [9.17, 15) is 28.8 Å². The van der Waals surface area contributed by atoms with Gasteiger partial charge in [-0.15, -0.1) is 0 Å². The van der Waals surface area contributed by atoms with E-state index in [1.54, 1.807) is 21.0 Å². The Kier molecular flexibility index (Phi) is 15.8. The van der Waals surface area contributed by atoms with Crippen LogP contribution in [0.1, 0.15) is 27.7 Å². The van der Waals surface area contributed by atoms with E-state index in [0.29, 0.717) is 6.54 Å². The zero-order valence-electron chi connectivity index (χ0n) is 14.6. The molecule has 0 atom stereocenters. The van der Waals surface area contributed by atoms with Gasteiger partial charge in [-0.05, 0) is 6.92 Å². The number of ketones is 3. The van der Waals surface area contributed by atoms with Gasteiger partial charge in [0, 0.05) is 48.5 Å². The van der Waals surface area contributed by atoms with Crippen molar-refractivity contribution in [2.75, 3.05) is 27.7 Å². The highest BCUT2D eigenvalue weighted by Crippen LogP contribution is 1.77. The Hall–Kier alpha value is -2.58. The molecule has 0 fully saturated rings. The van der Waals surface area contributed by atoms with Crippen LogP contribution in [0.4, 0.5) is 0 Å². The highest BCUT2D eigenvalue weighted by molar-refractivity contribution is 6.35. The van der Waals surface area contributed by atoms with Crippen LogP contribution in [0.25, 0.3) is 0 Å². The smallest absolute Gasteiger partial charge is 0.289 e. The number of nitrogens with one attached hydrogen (secondary N) is 2. The topological polar surface area (TPSA) is 130 Å². The van der Waals surface area contributed by atoms with E-state index in [1.807, 2.05) is 0 Å². The minimum absolute atomic E-state index is 0.421. The first-order chi connectivity index (χ1) is 10.4. The van der Waals surface area contributed by atoms with Gasteiger partial charge in [0.25, 0.3) is 17.7 Å². The molecule has 0 saturated heterocycles. The molecule has 0 aromatic rings. The van der Waals surface area contributed by atoms with Crippen molar-refractivity contribution < 1.29 is 28.8 Å². The zero-order chi connectivity index (χ0) is 19.2. The van der Waals surface area contributed by atoms with Gasteiger partial charge in [0.2, 0.25) is 17.3 Å². The van der Waals surface area contributed by atoms with Crippen LogP contribution in [0.2, 0.25) is 0 Å². The average Bonchev–Trinajstić information content (AvgIpc) is 2.46. The standard InChI is InChI=1S/2C5H9NO2.C4H7NO2/c1-4(7)5(8)6(2)3;1-3-6-5(8)4(2)7;1-3(6)4(7)5-2/h1-3H3;3H2,1-2H3,(H,6,8);1-2H3,(H,5,7). The molecule has 23 heavy (non-hydrogen) atoms. The molecule has 132 valence electrons. The quantitative estimate of drug-likeness (QED) is 0.616. The van der Waals surface area contributed by atoms with Gasteiger partial charge in [-0.25, -0.2) is 0 Å². The van der Waals surface area contributed by atoms with Crippen LogP contribution in [0.15, 0.2) is 0 Å². The number of likely N-dealkylation sites (N-methyl/N-ethyl adjacent to an activating group) is 3. The number of hydrogen-bond acceptors (Lipinski definition) is 6.